The van der Waals surface area contributed by atoms with Gasteiger partial charge in [0.1, 0.15) is 11.1 Å². The molecule has 0 bridgehead atoms. The van der Waals surface area contributed by atoms with Gasteiger partial charge < -0.3 is 10.6 Å². The van der Waals surface area contributed by atoms with Gasteiger partial charge in [-0.1, -0.05) is 25.3 Å². The first-order chi connectivity index (χ1) is 15.5. The number of hydrogen-bond acceptors (Lipinski definition) is 5. The predicted molar refractivity (Wildman–Crippen MR) is 131 cm³/mol. The number of thiophene rings is 1. The number of carbonyl (C=O) groups excluding carboxylic acids is 2. The first kappa shape index (κ1) is 22.9. The van der Waals surface area contributed by atoms with E-state index in [1.807, 2.05) is 31.2 Å². The van der Waals surface area contributed by atoms with Crippen LogP contribution in [-0.4, -0.2) is 17.1 Å². The lowest BCUT2D eigenvalue weighted by Gasteiger charge is -2.21. The van der Waals surface area contributed by atoms with Crippen LogP contribution in [0.4, 0.5) is 10.7 Å². The number of anilines is 2. The van der Waals surface area contributed by atoms with E-state index in [0.29, 0.717) is 10.6 Å². The zero-order chi connectivity index (χ0) is 22.5. The Morgan fingerprint density at radius 3 is 2.69 bits per heavy atom. The monoisotopic (exact) mass is 467 g/mol. The zero-order valence-corrected chi connectivity index (χ0v) is 20.0. The molecule has 2 aliphatic rings. The minimum Gasteiger partial charge on any atom is -0.326 e. The number of rotatable bonds is 6. The molecule has 1 atom stereocenters. The lowest BCUT2D eigenvalue weighted by Crippen LogP contribution is -2.24. The van der Waals surface area contributed by atoms with Crippen molar-refractivity contribution in [2.75, 3.05) is 10.6 Å². The number of fused-ring (bicyclic) bond motifs is 1. The summed E-state index contributed by atoms with van der Waals surface area (Å²) in [5.41, 5.74) is 2.54. The van der Waals surface area contributed by atoms with Gasteiger partial charge in [-0.3, -0.25) is 9.59 Å². The Hall–Kier alpha value is -2.30. The molecule has 2 aliphatic carbocycles. The summed E-state index contributed by atoms with van der Waals surface area (Å²) in [7, 11) is 0. The predicted octanol–water partition coefficient (Wildman–Crippen LogP) is 6.14. The van der Waals surface area contributed by atoms with Crippen molar-refractivity contribution >= 4 is 45.6 Å². The van der Waals surface area contributed by atoms with Gasteiger partial charge in [-0.2, -0.15) is 5.26 Å². The van der Waals surface area contributed by atoms with Crippen LogP contribution >= 0.6 is 23.1 Å². The fourth-order valence-corrected chi connectivity index (χ4v) is 6.67. The van der Waals surface area contributed by atoms with Crippen molar-refractivity contribution in [3.8, 4) is 6.07 Å². The first-order valence-electron chi connectivity index (χ1n) is 11.5. The Labute approximate surface area is 198 Å². The highest BCUT2D eigenvalue weighted by Crippen LogP contribution is 2.38. The van der Waals surface area contributed by atoms with Crippen LogP contribution in [0.3, 0.4) is 0 Å². The number of amides is 2. The summed E-state index contributed by atoms with van der Waals surface area (Å²) >= 11 is 3.00. The van der Waals surface area contributed by atoms with Crippen molar-refractivity contribution in [3.63, 3.8) is 0 Å². The lowest BCUT2D eigenvalue weighted by molar-refractivity contribution is -0.120. The minimum atomic E-state index is -0.329. The van der Waals surface area contributed by atoms with Crippen LogP contribution in [0.5, 0.6) is 0 Å². The highest BCUT2D eigenvalue weighted by Gasteiger charge is 2.24. The van der Waals surface area contributed by atoms with Gasteiger partial charge in [-0.05, 0) is 69.2 Å². The van der Waals surface area contributed by atoms with Crippen LogP contribution < -0.4 is 10.6 Å². The maximum absolute atomic E-state index is 12.9. The van der Waals surface area contributed by atoms with Crippen LogP contribution in [0.1, 0.15) is 67.9 Å². The molecule has 168 valence electrons. The van der Waals surface area contributed by atoms with E-state index >= 15 is 0 Å². The number of nitrogens with zero attached hydrogens (tertiary/aromatic N) is 1. The molecule has 7 heteroatoms. The number of nitrogens with one attached hydrogen (secondary N) is 2. The number of thioether (sulfide) groups is 1. The highest BCUT2D eigenvalue weighted by molar-refractivity contribution is 8.00. The first-order valence-corrected chi connectivity index (χ1v) is 13.2. The molecule has 5 nitrogen and oxygen atoms in total. The molecular formula is C25H29N3O2S2. The van der Waals surface area contributed by atoms with E-state index in [-0.39, 0.29) is 23.0 Å². The molecule has 4 rings (SSSR count). The number of carbonyl (C=O) groups is 2. The summed E-state index contributed by atoms with van der Waals surface area (Å²) in [6, 6.07) is 9.98. The van der Waals surface area contributed by atoms with Gasteiger partial charge >= 0.3 is 0 Å². The van der Waals surface area contributed by atoms with Crippen LogP contribution in [-0.2, 0) is 22.4 Å². The normalized spacial score (nSPS) is 17.1. The van der Waals surface area contributed by atoms with E-state index in [0.717, 1.165) is 67.5 Å². The summed E-state index contributed by atoms with van der Waals surface area (Å²) in [5.74, 6) is 0.0980. The molecule has 1 aromatic heterocycles. The molecule has 32 heavy (non-hydrogen) atoms. The molecule has 0 radical (unpaired) electrons. The number of benzene rings is 1. The van der Waals surface area contributed by atoms with Gasteiger partial charge in [0, 0.05) is 21.4 Å². The Kier molecular flexibility index (Phi) is 7.54. The number of nitriles is 1. The summed E-state index contributed by atoms with van der Waals surface area (Å²) < 4.78 is 0. The summed E-state index contributed by atoms with van der Waals surface area (Å²) in [6.07, 6.45) is 9.57. The van der Waals surface area contributed by atoms with Gasteiger partial charge in [-0.25, -0.2) is 0 Å². The fraction of sp³-hybridized carbons (Fsp3) is 0.480. The van der Waals surface area contributed by atoms with Crippen molar-refractivity contribution < 1.29 is 9.59 Å². The lowest BCUT2D eigenvalue weighted by atomic mass is 9.88. The fourth-order valence-electron chi connectivity index (χ4n) is 4.50. The Morgan fingerprint density at radius 2 is 1.91 bits per heavy atom. The maximum Gasteiger partial charge on any atom is 0.238 e. The second-order valence-electron chi connectivity index (χ2n) is 8.63. The van der Waals surface area contributed by atoms with E-state index in [4.69, 9.17) is 0 Å². The summed E-state index contributed by atoms with van der Waals surface area (Å²) in [4.78, 5) is 27.6. The van der Waals surface area contributed by atoms with Crippen molar-refractivity contribution in [3.05, 3.63) is 40.3 Å². The third-order valence-corrected chi connectivity index (χ3v) is 8.58. The Morgan fingerprint density at radius 1 is 1.12 bits per heavy atom. The second kappa shape index (κ2) is 10.5. The summed E-state index contributed by atoms with van der Waals surface area (Å²) in [6.45, 7) is 1.87. The van der Waals surface area contributed by atoms with E-state index < -0.39 is 0 Å². The zero-order valence-electron chi connectivity index (χ0n) is 18.4. The molecule has 1 saturated carbocycles. The van der Waals surface area contributed by atoms with Crippen LogP contribution in [0.15, 0.2) is 29.2 Å². The molecule has 1 fully saturated rings. The number of hydrogen-bond donors (Lipinski definition) is 2. The van der Waals surface area contributed by atoms with Gasteiger partial charge in [-0.15, -0.1) is 23.1 Å². The van der Waals surface area contributed by atoms with Gasteiger partial charge in [0.05, 0.1) is 10.8 Å². The van der Waals surface area contributed by atoms with Crippen LogP contribution in [0.25, 0.3) is 0 Å². The van der Waals surface area contributed by atoms with Crippen LogP contribution in [0, 0.1) is 17.2 Å². The minimum absolute atomic E-state index is 0.100. The molecule has 1 heterocycles. The van der Waals surface area contributed by atoms with Crippen LogP contribution in [0.2, 0.25) is 0 Å². The van der Waals surface area contributed by atoms with E-state index in [9.17, 15) is 14.9 Å². The second-order valence-corrected chi connectivity index (χ2v) is 11.1. The third kappa shape index (κ3) is 5.36. The van der Waals surface area contributed by atoms with Crippen molar-refractivity contribution in [2.24, 2.45) is 5.92 Å². The smallest absolute Gasteiger partial charge is 0.238 e. The SMILES string of the molecule is CC(Sc1cccc(NC(=O)C2CCCCC2)c1)C(=O)Nc1sc2c(c1C#N)CCCC2. The van der Waals surface area contributed by atoms with E-state index in [1.165, 1.54) is 23.1 Å². The summed E-state index contributed by atoms with van der Waals surface area (Å²) in [5, 5.41) is 16.0. The van der Waals surface area contributed by atoms with E-state index in [1.54, 1.807) is 11.3 Å². The molecule has 0 aliphatic heterocycles. The molecule has 0 spiro atoms. The van der Waals surface area contributed by atoms with Crippen molar-refractivity contribution in [2.45, 2.75) is 74.9 Å². The molecule has 2 amide bonds. The molecule has 1 unspecified atom stereocenters. The molecule has 1 aromatic carbocycles. The maximum atomic E-state index is 12.9. The molecular weight excluding hydrogens is 438 g/mol. The van der Waals surface area contributed by atoms with Crippen molar-refractivity contribution in [1.29, 1.82) is 5.26 Å². The largest absolute Gasteiger partial charge is 0.326 e. The average molecular weight is 468 g/mol. The van der Waals surface area contributed by atoms with Crippen molar-refractivity contribution in [1.82, 2.24) is 0 Å². The Bertz CT molecular complexity index is 1030. The molecule has 2 aromatic rings. The Balaban J connectivity index is 1.37. The number of aryl methyl sites for hydroxylation is 1. The standard InChI is InChI=1S/C25H29N3O2S2/c1-16(23(29)28-25-21(15-26)20-12-5-6-13-22(20)32-25)31-19-11-7-10-18(14-19)27-24(30)17-8-3-2-4-9-17/h7,10-11,14,16-17H,2-6,8-9,12-13H2,1H3,(H,27,30)(H,28,29). The molecule has 0 saturated heterocycles. The van der Waals surface area contributed by atoms with Gasteiger partial charge in [0.25, 0.3) is 0 Å². The highest BCUT2D eigenvalue weighted by atomic mass is 32.2. The van der Waals surface area contributed by atoms with Gasteiger partial charge in [0.2, 0.25) is 11.8 Å². The quantitative estimate of drug-likeness (QED) is 0.500. The molecule has 2 N–H and O–H groups in total. The van der Waals surface area contributed by atoms with Gasteiger partial charge in [0.15, 0.2) is 0 Å². The topological polar surface area (TPSA) is 82.0 Å². The average Bonchev–Trinajstić information content (AvgIpc) is 3.16. The van der Waals surface area contributed by atoms with E-state index in [2.05, 4.69) is 16.7 Å². The third-order valence-electron chi connectivity index (χ3n) is 6.28.